The van der Waals surface area contributed by atoms with Crippen LogP contribution in [0.15, 0.2) is 83.8 Å². The van der Waals surface area contributed by atoms with Crippen molar-refractivity contribution < 1.29 is 14.3 Å². The normalized spacial score (nSPS) is 16.3. The Morgan fingerprint density at radius 2 is 1.62 bits per heavy atom. The van der Waals surface area contributed by atoms with Crippen molar-refractivity contribution in [3.8, 4) is 11.5 Å². The van der Waals surface area contributed by atoms with Gasteiger partial charge in [-0.15, -0.1) is 11.8 Å². The molecule has 1 aliphatic rings. The van der Waals surface area contributed by atoms with E-state index < -0.39 is 11.2 Å². The van der Waals surface area contributed by atoms with Crippen LogP contribution >= 0.6 is 11.8 Å². The van der Waals surface area contributed by atoms with Crippen LogP contribution in [0.5, 0.6) is 11.5 Å². The predicted molar refractivity (Wildman–Crippen MR) is 115 cm³/mol. The van der Waals surface area contributed by atoms with Gasteiger partial charge in [-0.05, 0) is 48.5 Å². The number of para-hydroxylation sites is 2. The van der Waals surface area contributed by atoms with E-state index in [9.17, 15) is 9.59 Å². The number of nitrogens with one attached hydrogen (secondary N) is 2. The molecule has 0 bridgehead atoms. The fourth-order valence-corrected chi connectivity index (χ4v) is 4.19. The Morgan fingerprint density at radius 3 is 2.38 bits per heavy atom. The number of carbonyl (C=O) groups is 2. The minimum atomic E-state index is -0.492. The summed E-state index contributed by atoms with van der Waals surface area (Å²) < 4.78 is 5.76. The van der Waals surface area contributed by atoms with E-state index >= 15 is 0 Å². The molecule has 0 radical (unpaired) electrons. The second-order valence-corrected chi connectivity index (χ2v) is 7.92. The third-order valence-corrected chi connectivity index (χ3v) is 6.11. The van der Waals surface area contributed by atoms with E-state index in [-0.39, 0.29) is 11.8 Å². The highest BCUT2D eigenvalue weighted by atomic mass is 32.2. The molecule has 3 aromatic carbocycles. The average Bonchev–Trinajstić information content (AvgIpc) is 2.75. The van der Waals surface area contributed by atoms with Crippen molar-refractivity contribution in [1.82, 2.24) is 0 Å². The first-order valence-electron chi connectivity index (χ1n) is 9.30. The molecule has 2 amide bonds. The number of amides is 2. The Labute approximate surface area is 173 Å². The molecule has 0 saturated heterocycles. The van der Waals surface area contributed by atoms with Gasteiger partial charge >= 0.3 is 0 Å². The van der Waals surface area contributed by atoms with Crippen LogP contribution in [0.1, 0.15) is 6.92 Å². The predicted octanol–water partition coefficient (Wildman–Crippen LogP) is 5.17. The molecule has 4 rings (SSSR count). The summed E-state index contributed by atoms with van der Waals surface area (Å²) in [5.74, 6) is 0.588. The Hall–Kier alpha value is -3.25. The smallest absolute Gasteiger partial charge is 0.238 e. The van der Waals surface area contributed by atoms with Gasteiger partial charge in [-0.2, -0.15) is 0 Å². The highest BCUT2D eigenvalue weighted by Crippen LogP contribution is 2.38. The number of hydrogen-bond donors (Lipinski definition) is 2. The first kappa shape index (κ1) is 19.1. The van der Waals surface area contributed by atoms with Gasteiger partial charge in [-0.1, -0.05) is 37.3 Å². The molecule has 0 spiro atoms. The minimum Gasteiger partial charge on any atom is -0.457 e. The van der Waals surface area contributed by atoms with Crippen LogP contribution in [0.4, 0.5) is 11.4 Å². The van der Waals surface area contributed by atoms with E-state index in [2.05, 4.69) is 10.6 Å². The molecule has 0 fully saturated rings. The van der Waals surface area contributed by atoms with E-state index in [0.717, 1.165) is 16.3 Å². The maximum Gasteiger partial charge on any atom is 0.238 e. The molecule has 1 heterocycles. The number of carbonyl (C=O) groups excluding carboxylic acids is 2. The third kappa shape index (κ3) is 4.43. The molecular weight excluding hydrogens is 384 g/mol. The Bertz CT molecular complexity index is 1020. The van der Waals surface area contributed by atoms with Gasteiger partial charge < -0.3 is 15.4 Å². The van der Waals surface area contributed by atoms with Gasteiger partial charge in [0, 0.05) is 10.6 Å². The van der Waals surface area contributed by atoms with Gasteiger partial charge in [0.25, 0.3) is 0 Å². The summed E-state index contributed by atoms with van der Waals surface area (Å²) in [5, 5.41) is 5.29. The molecule has 0 unspecified atom stereocenters. The van der Waals surface area contributed by atoms with E-state index in [4.69, 9.17) is 4.74 Å². The molecule has 146 valence electrons. The highest BCUT2D eigenvalue weighted by Gasteiger charge is 2.35. The molecule has 1 aliphatic heterocycles. The summed E-state index contributed by atoms with van der Waals surface area (Å²) >= 11 is 1.42. The number of hydrogen-bond acceptors (Lipinski definition) is 4. The number of fused-ring (bicyclic) bond motifs is 1. The standard InChI is InChI=1S/C23H20N2O3S/c1-15(21-23(27)25-19-9-5-6-10-20(19)29-21)22(26)24-16-11-13-18(14-12-16)28-17-7-3-2-4-8-17/h2-15,21H,1H3,(H,24,26)(H,25,27)/t15-,21-/m0/s1. The Balaban J connectivity index is 1.39. The summed E-state index contributed by atoms with van der Waals surface area (Å²) in [6.07, 6.45) is 0. The molecule has 0 saturated carbocycles. The molecule has 6 heteroatoms. The number of rotatable bonds is 5. The quantitative estimate of drug-likeness (QED) is 0.616. The lowest BCUT2D eigenvalue weighted by molar-refractivity contribution is -0.123. The van der Waals surface area contributed by atoms with E-state index in [1.165, 1.54) is 11.8 Å². The summed E-state index contributed by atoms with van der Waals surface area (Å²) in [6.45, 7) is 1.77. The fourth-order valence-electron chi connectivity index (χ4n) is 3.02. The first-order valence-corrected chi connectivity index (χ1v) is 10.2. The molecule has 2 N–H and O–H groups in total. The summed E-state index contributed by atoms with van der Waals surface area (Å²) in [7, 11) is 0. The number of thioether (sulfide) groups is 1. The van der Waals surface area contributed by atoms with Gasteiger partial charge in [0.15, 0.2) is 0 Å². The number of benzene rings is 3. The minimum absolute atomic E-state index is 0.150. The summed E-state index contributed by atoms with van der Waals surface area (Å²) in [5.41, 5.74) is 1.45. The Kier molecular flexibility index (Phi) is 5.53. The van der Waals surface area contributed by atoms with E-state index in [1.807, 2.05) is 54.6 Å². The molecule has 29 heavy (non-hydrogen) atoms. The maximum absolute atomic E-state index is 12.7. The maximum atomic E-state index is 12.7. The molecule has 0 aromatic heterocycles. The number of anilines is 2. The molecule has 0 aliphatic carbocycles. The van der Waals surface area contributed by atoms with Crippen molar-refractivity contribution in [2.45, 2.75) is 17.1 Å². The SMILES string of the molecule is C[C@H](C(=O)Nc1ccc(Oc2ccccc2)cc1)[C@@H]1Sc2ccccc2NC1=O. The zero-order valence-corrected chi connectivity index (χ0v) is 16.6. The topological polar surface area (TPSA) is 67.4 Å². The van der Waals surface area contributed by atoms with Gasteiger partial charge in [-0.25, -0.2) is 0 Å². The highest BCUT2D eigenvalue weighted by molar-refractivity contribution is 8.01. The largest absolute Gasteiger partial charge is 0.457 e. The van der Waals surface area contributed by atoms with Crippen LogP contribution in [-0.4, -0.2) is 17.1 Å². The second-order valence-electron chi connectivity index (χ2n) is 6.74. The van der Waals surface area contributed by atoms with Crippen LogP contribution in [0, 0.1) is 5.92 Å². The van der Waals surface area contributed by atoms with Crippen molar-refractivity contribution in [3.05, 3.63) is 78.9 Å². The van der Waals surface area contributed by atoms with Gasteiger partial charge in [-0.3, -0.25) is 9.59 Å². The van der Waals surface area contributed by atoms with Crippen molar-refractivity contribution in [1.29, 1.82) is 0 Å². The zero-order valence-electron chi connectivity index (χ0n) is 15.8. The first-order chi connectivity index (χ1) is 14.1. The van der Waals surface area contributed by atoms with Crippen molar-refractivity contribution in [2.75, 3.05) is 10.6 Å². The molecule has 2 atom stereocenters. The van der Waals surface area contributed by atoms with Crippen LogP contribution < -0.4 is 15.4 Å². The number of ether oxygens (including phenoxy) is 1. The molecule has 3 aromatic rings. The van der Waals surface area contributed by atoms with Gasteiger partial charge in [0.2, 0.25) is 11.8 Å². The summed E-state index contributed by atoms with van der Waals surface area (Å²) in [4.78, 5) is 26.1. The monoisotopic (exact) mass is 404 g/mol. The second kappa shape index (κ2) is 8.41. The van der Waals surface area contributed by atoms with Crippen molar-refractivity contribution in [2.24, 2.45) is 5.92 Å². The van der Waals surface area contributed by atoms with Crippen LogP contribution in [0.25, 0.3) is 0 Å². The van der Waals surface area contributed by atoms with Crippen LogP contribution in [0.2, 0.25) is 0 Å². The van der Waals surface area contributed by atoms with Crippen molar-refractivity contribution >= 4 is 35.0 Å². The van der Waals surface area contributed by atoms with E-state index in [0.29, 0.717) is 11.4 Å². The van der Waals surface area contributed by atoms with Crippen LogP contribution in [-0.2, 0) is 9.59 Å². The molecular formula is C23H20N2O3S. The average molecular weight is 404 g/mol. The van der Waals surface area contributed by atoms with Gasteiger partial charge in [0.05, 0.1) is 16.9 Å². The fraction of sp³-hybridized carbons (Fsp3) is 0.130. The third-order valence-electron chi connectivity index (χ3n) is 4.63. The van der Waals surface area contributed by atoms with Crippen LogP contribution in [0.3, 0.4) is 0 Å². The van der Waals surface area contributed by atoms with Crippen molar-refractivity contribution in [3.63, 3.8) is 0 Å². The Morgan fingerprint density at radius 1 is 0.966 bits per heavy atom. The van der Waals surface area contributed by atoms with Gasteiger partial charge in [0.1, 0.15) is 11.5 Å². The lowest BCUT2D eigenvalue weighted by Gasteiger charge is -2.27. The van der Waals surface area contributed by atoms with E-state index in [1.54, 1.807) is 31.2 Å². The lowest BCUT2D eigenvalue weighted by atomic mass is 10.1. The summed E-state index contributed by atoms with van der Waals surface area (Å²) in [6, 6.07) is 24.3. The molecule has 5 nitrogen and oxygen atoms in total. The zero-order chi connectivity index (χ0) is 20.2. The lowest BCUT2D eigenvalue weighted by Crippen LogP contribution is -2.39.